The first-order chi connectivity index (χ1) is 13.9. The van der Waals surface area contributed by atoms with Crippen molar-refractivity contribution in [1.82, 2.24) is 9.88 Å². The van der Waals surface area contributed by atoms with Crippen molar-refractivity contribution in [2.24, 2.45) is 0 Å². The highest BCUT2D eigenvalue weighted by Crippen LogP contribution is 2.18. The van der Waals surface area contributed by atoms with E-state index in [1.54, 1.807) is 29.2 Å². The van der Waals surface area contributed by atoms with Crippen LogP contribution >= 0.6 is 0 Å². The van der Waals surface area contributed by atoms with Crippen LogP contribution in [0.4, 0.5) is 5.69 Å². The van der Waals surface area contributed by atoms with Crippen LogP contribution in [-0.4, -0.2) is 40.6 Å². The van der Waals surface area contributed by atoms with E-state index in [1.807, 2.05) is 24.4 Å². The summed E-state index contributed by atoms with van der Waals surface area (Å²) in [4.78, 5) is 40.5. The van der Waals surface area contributed by atoms with Crippen LogP contribution in [0.3, 0.4) is 0 Å². The number of carbonyl (C=O) groups is 3. The molecule has 3 aromatic rings. The van der Waals surface area contributed by atoms with Crippen molar-refractivity contribution >= 4 is 34.2 Å². The Kier molecular flexibility index (Phi) is 6.44. The molecule has 0 aliphatic carbocycles. The molecule has 6 nitrogen and oxygen atoms in total. The second-order valence-corrected chi connectivity index (χ2v) is 7.05. The average molecular weight is 391 g/mol. The molecule has 0 saturated carbocycles. The smallest absolute Gasteiger partial charge is 0.226 e. The second-order valence-electron chi connectivity index (χ2n) is 7.05. The van der Waals surface area contributed by atoms with Crippen molar-refractivity contribution in [3.63, 3.8) is 0 Å². The first kappa shape index (κ1) is 20.3. The standard InChI is InChI=1S/C23H25N3O3/c1-16(27)18-7-9-20(10-8-18)25-23(29)12-14-26(17(2)28)13-11-19-15-24-22-6-4-3-5-21(19)22/h3-10,15,24H,11-14H2,1-2H3,(H,25,29). The molecular weight excluding hydrogens is 366 g/mol. The molecule has 0 aliphatic rings. The Morgan fingerprint density at radius 2 is 1.69 bits per heavy atom. The summed E-state index contributed by atoms with van der Waals surface area (Å²) in [6.07, 6.45) is 2.90. The molecule has 2 amide bonds. The number of para-hydroxylation sites is 1. The van der Waals surface area contributed by atoms with Crippen molar-refractivity contribution in [3.05, 3.63) is 65.9 Å². The van der Waals surface area contributed by atoms with Gasteiger partial charge in [-0.05, 0) is 49.2 Å². The minimum absolute atomic E-state index is 0.0184. The first-order valence-corrected chi connectivity index (χ1v) is 9.65. The van der Waals surface area contributed by atoms with Gasteiger partial charge in [0.25, 0.3) is 0 Å². The van der Waals surface area contributed by atoms with Crippen LogP contribution in [0, 0.1) is 0 Å². The number of aromatic amines is 1. The number of carbonyl (C=O) groups excluding carboxylic acids is 3. The van der Waals surface area contributed by atoms with Crippen LogP contribution in [0.5, 0.6) is 0 Å². The molecule has 1 aromatic heterocycles. The minimum Gasteiger partial charge on any atom is -0.361 e. The highest BCUT2D eigenvalue weighted by atomic mass is 16.2. The maximum absolute atomic E-state index is 12.2. The van der Waals surface area contributed by atoms with E-state index in [-0.39, 0.29) is 24.0 Å². The molecule has 0 saturated heterocycles. The number of rotatable bonds is 8. The Labute approximate surface area is 169 Å². The van der Waals surface area contributed by atoms with E-state index >= 15 is 0 Å². The molecule has 29 heavy (non-hydrogen) atoms. The van der Waals surface area contributed by atoms with Gasteiger partial charge in [-0.15, -0.1) is 0 Å². The highest BCUT2D eigenvalue weighted by Gasteiger charge is 2.13. The normalized spacial score (nSPS) is 10.7. The molecule has 0 spiro atoms. The largest absolute Gasteiger partial charge is 0.361 e. The molecule has 6 heteroatoms. The quantitative estimate of drug-likeness (QED) is 0.573. The van der Waals surface area contributed by atoms with Gasteiger partial charge in [-0.1, -0.05) is 18.2 Å². The summed E-state index contributed by atoms with van der Waals surface area (Å²) in [6, 6.07) is 14.8. The van der Waals surface area contributed by atoms with Crippen LogP contribution in [0.2, 0.25) is 0 Å². The number of ketones is 1. The molecule has 0 radical (unpaired) electrons. The van der Waals surface area contributed by atoms with Gasteiger partial charge in [0.05, 0.1) is 0 Å². The fourth-order valence-corrected chi connectivity index (χ4v) is 3.27. The van der Waals surface area contributed by atoms with Crippen molar-refractivity contribution in [1.29, 1.82) is 0 Å². The summed E-state index contributed by atoms with van der Waals surface area (Å²) in [7, 11) is 0. The van der Waals surface area contributed by atoms with Crippen LogP contribution < -0.4 is 5.32 Å². The topological polar surface area (TPSA) is 82.3 Å². The fourth-order valence-electron chi connectivity index (χ4n) is 3.27. The number of hydrogen-bond acceptors (Lipinski definition) is 3. The molecule has 1 heterocycles. The number of nitrogens with zero attached hydrogens (tertiary/aromatic N) is 1. The zero-order valence-electron chi connectivity index (χ0n) is 16.7. The van der Waals surface area contributed by atoms with E-state index in [9.17, 15) is 14.4 Å². The van der Waals surface area contributed by atoms with Gasteiger partial charge in [0.1, 0.15) is 0 Å². The SMILES string of the molecule is CC(=O)c1ccc(NC(=O)CCN(CCc2c[nH]c3ccccc23)C(C)=O)cc1. The summed E-state index contributed by atoms with van der Waals surface area (Å²) in [5.74, 6) is -0.238. The summed E-state index contributed by atoms with van der Waals surface area (Å²) in [5.41, 5.74) is 3.46. The lowest BCUT2D eigenvalue weighted by molar-refractivity contribution is -0.129. The minimum atomic E-state index is -0.168. The van der Waals surface area contributed by atoms with Gasteiger partial charge in [0.2, 0.25) is 11.8 Å². The van der Waals surface area contributed by atoms with Gasteiger partial charge in [-0.2, -0.15) is 0 Å². The predicted octanol–water partition coefficient (Wildman–Crippen LogP) is 3.79. The lowest BCUT2D eigenvalue weighted by Crippen LogP contribution is -2.33. The first-order valence-electron chi connectivity index (χ1n) is 9.65. The van der Waals surface area contributed by atoms with Gasteiger partial charge in [-0.3, -0.25) is 14.4 Å². The van der Waals surface area contributed by atoms with E-state index in [0.29, 0.717) is 24.3 Å². The molecule has 150 valence electrons. The number of anilines is 1. The number of fused-ring (bicyclic) bond motifs is 1. The van der Waals surface area contributed by atoms with Crippen LogP contribution in [0.1, 0.15) is 36.2 Å². The second kappa shape index (κ2) is 9.19. The average Bonchev–Trinajstić information content (AvgIpc) is 3.11. The van der Waals surface area contributed by atoms with Gasteiger partial charge in [0, 0.05) is 54.8 Å². The summed E-state index contributed by atoms with van der Waals surface area (Å²) < 4.78 is 0. The van der Waals surface area contributed by atoms with Gasteiger partial charge >= 0.3 is 0 Å². The fraction of sp³-hybridized carbons (Fsp3) is 0.261. The number of nitrogens with one attached hydrogen (secondary N) is 2. The Bertz CT molecular complexity index is 1020. The molecule has 0 unspecified atom stereocenters. The maximum Gasteiger partial charge on any atom is 0.226 e. The number of benzene rings is 2. The zero-order chi connectivity index (χ0) is 20.8. The molecule has 2 N–H and O–H groups in total. The van der Waals surface area contributed by atoms with Crippen molar-refractivity contribution in [3.8, 4) is 0 Å². The lowest BCUT2D eigenvalue weighted by atomic mass is 10.1. The maximum atomic E-state index is 12.2. The third-order valence-electron chi connectivity index (χ3n) is 4.96. The monoisotopic (exact) mass is 391 g/mol. The number of H-pyrrole nitrogens is 1. The van der Waals surface area contributed by atoms with Crippen molar-refractivity contribution in [2.75, 3.05) is 18.4 Å². The number of hydrogen-bond donors (Lipinski definition) is 2. The van der Waals surface area contributed by atoms with Crippen LogP contribution in [-0.2, 0) is 16.0 Å². The molecule has 0 bridgehead atoms. The van der Waals surface area contributed by atoms with Gasteiger partial charge in [-0.25, -0.2) is 0 Å². The van der Waals surface area contributed by atoms with Crippen LogP contribution in [0.25, 0.3) is 10.9 Å². The Morgan fingerprint density at radius 3 is 2.38 bits per heavy atom. The zero-order valence-corrected chi connectivity index (χ0v) is 16.7. The van der Waals surface area contributed by atoms with E-state index in [1.165, 1.54) is 13.8 Å². The summed E-state index contributed by atoms with van der Waals surface area (Å²) in [5, 5.41) is 3.96. The highest BCUT2D eigenvalue weighted by molar-refractivity contribution is 5.95. The van der Waals surface area contributed by atoms with E-state index in [4.69, 9.17) is 0 Å². The van der Waals surface area contributed by atoms with Crippen LogP contribution in [0.15, 0.2) is 54.7 Å². The Morgan fingerprint density at radius 1 is 0.966 bits per heavy atom. The van der Waals surface area contributed by atoms with E-state index < -0.39 is 0 Å². The lowest BCUT2D eigenvalue weighted by Gasteiger charge is -2.20. The third-order valence-corrected chi connectivity index (χ3v) is 4.96. The van der Waals surface area contributed by atoms with Gasteiger partial charge in [0.15, 0.2) is 5.78 Å². The molecule has 0 aliphatic heterocycles. The summed E-state index contributed by atoms with van der Waals surface area (Å²) >= 11 is 0. The molecule has 3 rings (SSSR count). The molecule has 0 atom stereocenters. The number of amides is 2. The summed E-state index contributed by atoms with van der Waals surface area (Å²) in [6.45, 7) is 3.93. The number of aromatic nitrogens is 1. The molecular formula is C23H25N3O3. The van der Waals surface area contributed by atoms with Gasteiger partial charge < -0.3 is 15.2 Å². The number of Topliss-reactive ketones (excluding diaryl/α,β-unsaturated/α-hetero) is 1. The molecule has 0 fully saturated rings. The predicted molar refractivity (Wildman–Crippen MR) is 114 cm³/mol. The Balaban J connectivity index is 1.53. The molecule has 2 aromatic carbocycles. The van der Waals surface area contributed by atoms with Crippen molar-refractivity contribution < 1.29 is 14.4 Å². The van der Waals surface area contributed by atoms with E-state index in [0.717, 1.165) is 22.9 Å². The Hall–Kier alpha value is -3.41. The van der Waals surface area contributed by atoms with E-state index in [2.05, 4.69) is 16.4 Å². The van der Waals surface area contributed by atoms with Crippen molar-refractivity contribution in [2.45, 2.75) is 26.7 Å². The third kappa shape index (κ3) is 5.31.